The second-order valence-corrected chi connectivity index (χ2v) is 9.29. The first-order chi connectivity index (χ1) is 17.5. The molecule has 1 atom stereocenters. The molecule has 1 aromatic heterocycles. The smallest absolute Gasteiger partial charge is 0.325 e. The van der Waals surface area contributed by atoms with Gasteiger partial charge in [-0.05, 0) is 61.2 Å². The molecular weight excluding hydrogens is 452 g/mol. The van der Waals surface area contributed by atoms with E-state index in [9.17, 15) is 9.90 Å². The molecular formula is C30H30N2O4. The molecule has 1 unspecified atom stereocenters. The van der Waals surface area contributed by atoms with Crippen LogP contribution in [0.4, 0.5) is 0 Å². The number of ether oxygens (including phenoxy) is 1. The summed E-state index contributed by atoms with van der Waals surface area (Å²) in [6.45, 7) is 5.68. The minimum Gasteiger partial charge on any atom is -0.493 e. The number of benzene rings is 3. The van der Waals surface area contributed by atoms with E-state index in [2.05, 4.69) is 36.2 Å². The van der Waals surface area contributed by atoms with Crippen molar-refractivity contribution >= 4 is 5.97 Å². The molecule has 1 aliphatic heterocycles. The lowest BCUT2D eigenvalue weighted by atomic mass is 9.91. The van der Waals surface area contributed by atoms with Crippen molar-refractivity contribution < 1.29 is 19.1 Å². The van der Waals surface area contributed by atoms with Gasteiger partial charge in [0.1, 0.15) is 17.6 Å². The molecule has 0 fully saturated rings. The van der Waals surface area contributed by atoms with E-state index in [-0.39, 0.29) is 0 Å². The number of fused-ring (bicyclic) bond motifs is 1. The topological polar surface area (TPSA) is 75.8 Å². The molecule has 4 aromatic rings. The van der Waals surface area contributed by atoms with Gasteiger partial charge in [-0.2, -0.15) is 0 Å². The summed E-state index contributed by atoms with van der Waals surface area (Å²) in [5.41, 5.74) is 5.98. The molecule has 6 nitrogen and oxygen atoms in total. The predicted octanol–water partition coefficient (Wildman–Crippen LogP) is 5.76. The highest BCUT2D eigenvalue weighted by molar-refractivity contribution is 5.77. The molecule has 1 N–H and O–H groups in total. The van der Waals surface area contributed by atoms with Gasteiger partial charge in [0, 0.05) is 25.1 Å². The van der Waals surface area contributed by atoms with Gasteiger partial charge in [-0.25, -0.2) is 4.98 Å². The van der Waals surface area contributed by atoms with E-state index in [1.54, 1.807) is 0 Å². The number of oxazole rings is 1. The van der Waals surface area contributed by atoms with Crippen molar-refractivity contribution in [2.75, 3.05) is 13.2 Å². The second-order valence-electron chi connectivity index (χ2n) is 9.29. The summed E-state index contributed by atoms with van der Waals surface area (Å²) >= 11 is 0. The quantitative estimate of drug-likeness (QED) is 0.344. The Labute approximate surface area is 211 Å². The van der Waals surface area contributed by atoms with Gasteiger partial charge in [-0.3, -0.25) is 9.69 Å². The van der Waals surface area contributed by atoms with Gasteiger partial charge in [0.05, 0.1) is 12.3 Å². The van der Waals surface area contributed by atoms with E-state index in [1.165, 1.54) is 5.56 Å². The minimum absolute atomic E-state index is 0.422. The molecule has 0 saturated heterocycles. The first-order valence-electron chi connectivity index (χ1n) is 12.3. The van der Waals surface area contributed by atoms with Crippen LogP contribution in [0.25, 0.3) is 11.5 Å². The first-order valence-corrected chi connectivity index (χ1v) is 12.3. The fraction of sp³-hybridized carbons (Fsp3) is 0.267. The van der Waals surface area contributed by atoms with Crippen LogP contribution in [0.1, 0.15) is 39.7 Å². The third kappa shape index (κ3) is 5.19. The third-order valence-electron chi connectivity index (χ3n) is 6.71. The molecule has 0 aliphatic carbocycles. The zero-order valence-electron chi connectivity index (χ0n) is 20.6. The maximum atomic E-state index is 12.3. The molecule has 0 saturated carbocycles. The fourth-order valence-electron chi connectivity index (χ4n) is 4.75. The van der Waals surface area contributed by atoms with Crippen molar-refractivity contribution in [3.63, 3.8) is 0 Å². The Hall–Kier alpha value is -3.90. The maximum Gasteiger partial charge on any atom is 0.325 e. The Morgan fingerprint density at radius 2 is 1.86 bits per heavy atom. The summed E-state index contributed by atoms with van der Waals surface area (Å²) < 4.78 is 11.9. The van der Waals surface area contributed by atoms with Crippen LogP contribution >= 0.6 is 0 Å². The van der Waals surface area contributed by atoms with Crippen LogP contribution in [0.3, 0.4) is 0 Å². The Kier molecular flexibility index (Phi) is 6.87. The predicted molar refractivity (Wildman–Crippen MR) is 138 cm³/mol. The van der Waals surface area contributed by atoms with Crippen LogP contribution < -0.4 is 4.74 Å². The molecule has 1 aliphatic rings. The molecule has 36 heavy (non-hydrogen) atoms. The fourth-order valence-corrected chi connectivity index (χ4v) is 4.75. The van der Waals surface area contributed by atoms with Crippen molar-refractivity contribution in [1.82, 2.24) is 9.88 Å². The number of rotatable bonds is 8. The monoisotopic (exact) mass is 482 g/mol. The zero-order chi connectivity index (χ0) is 25.1. The SMILES string of the molecule is Cc1ccc(CN2CCc3ccc(OCCc4nc(-c5ccccc5)oc4C)cc3C2C(=O)O)cc1. The van der Waals surface area contributed by atoms with Crippen LogP contribution in [0, 0.1) is 13.8 Å². The number of hydrogen-bond acceptors (Lipinski definition) is 5. The molecule has 0 amide bonds. The standard InChI is InChI=1S/C30H30N2O4/c1-20-8-10-22(11-9-20)19-32-16-14-23-12-13-25(18-26(23)28(32)30(33)34)35-17-15-27-21(2)36-29(31-27)24-6-4-3-5-7-24/h3-13,18,28H,14-17,19H2,1-2H3,(H,33,34). The lowest BCUT2D eigenvalue weighted by Gasteiger charge is -2.35. The van der Waals surface area contributed by atoms with Crippen LogP contribution in [-0.4, -0.2) is 34.1 Å². The number of carbonyl (C=O) groups is 1. The van der Waals surface area contributed by atoms with Crippen molar-refractivity contribution in [2.45, 2.75) is 39.3 Å². The highest BCUT2D eigenvalue weighted by Crippen LogP contribution is 2.34. The van der Waals surface area contributed by atoms with Crippen molar-refractivity contribution in [1.29, 1.82) is 0 Å². The van der Waals surface area contributed by atoms with Crippen LogP contribution in [-0.2, 0) is 24.2 Å². The average molecular weight is 483 g/mol. The Morgan fingerprint density at radius 1 is 1.08 bits per heavy atom. The first kappa shape index (κ1) is 23.8. The largest absolute Gasteiger partial charge is 0.493 e. The van der Waals surface area contributed by atoms with Crippen LogP contribution in [0.5, 0.6) is 5.75 Å². The lowest BCUT2D eigenvalue weighted by Crippen LogP contribution is -2.39. The average Bonchev–Trinajstić information content (AvgIpc) is 3.26. The van der Waals surface area contributed by atoms with Gasteiger partial charge >= 0.3 is 5.97 Å². The number of nitrogens with zero attached hydrogens (tertiary/aromatic N) is 2. The Balaban J connectivity index is 1.28. The van der Waals surface area contributed by atoms with Gasteiger partial charge in [0.2, 0.25) is 5.89 Å². The summed E-state index contributed by atoms with van der Waals surface area (Å²) in [5.74, 6) is 1.21. The van der Waals surface area contributed by atoms with Gasteiger partial charge in [0.25, 0.3) is 0 Å². The van der Waals surface area contributed by atoms with Gasteiger partial charge in [-0.1, -0.05) is 54.1 Å². The molecule has 5 rings (SSSR count). The van der Waals surface area contributed by atoms with E-state index < -0.39 is 12.0 Å². The molecule has 184 valence electrons. The van der Waals surface area contributed by atoms with Gasteiger partial charge in [0.15, 0.2) is 0 Å². The van der Waals surface area contributed by atoms with E-state index >= 15 is 0 Å². The summed E-state index contributed by atoms with van der Waals surface area (Å²) in [7, 11) is 0. The van der Waals surface area contributed by atoms with E-state index in [1.807, 2.05) is 60.4 Å². The van der Waals surface area contributed by atoms with Gasteiger partial charge < -0.3 is 14.3 Å². The maximum absolute atomic E-state index is 12.3. The molecule has 0 spiro atoms. The highest BCUT2D eigenvalue weighted by Gasteiger charge is 2.33. The van der Waals surface area contributed by atoms with Crippen LogP contribution in [0.15, 0.2) is 77.2 Å². The number of carboxylic acids is 1. The lowest BCUT2D eigenvalue weighted by molar-refractivity contribution is -0.144. The Bertz CT molecular complexity index is 1350. The van der Waals surface area contributed by atoms with E-state index in [0.717, 1.165) is 40.1 Å². The summed E-state index contributed by atoms with van der Waals surface area (Å²) in [5, 5.41) is 10.1. The summed E-state index contributed by atoms with van der Waals surface area (Å²) in [6.07, 6.45) is 1.41. The number of hydrogen-bond donors (Lipinski definition) is 1. The summed E-state index contributed by atoms with van der Waals surface area (Å²) in [6, 6.07) is 23.2. The Morgan fingerprint density at radius 3 is 2.61 bits per heavy atom. The second kappa shape index (κ2) is 10.4. The number of aromatic nitrogens is 1. The highest BCUT2D eigenvalue weighted by atomic mass is 16.5. The number of aryl methyl sites for hydroxylation is 2. The van der Waals surface area contributed by atoms with E-state index in [0.29, 0.717) is 37.8 Å². The normalized spacial score (nSPS) is 15.4. The zero-order valence-corrected chi connectivity index (χ0v) is 20.6. The molecule has 0 bridgehead atoms. The minimum atomic E-state index is -0.841. The number of aliphatic carboxylic acids is 1. The van der Waals surface area contributed by atoms with Crippen LogP contribution in [0.2, 0.25) is 0 Å². The molecule has 0 radical (unpaired) electrons. The molecule has 3 aromatic carbocycles. The summed E-state index contributed by atoms with van der Waals surface area (Å²) in [4.78, 5) is 19.0. The molecule has 2 heterocycles. The van der Waals surface area contributed by atoms with Gasteiger partial charge in [-0.15, -0.1) is 0 Å². The van der Waals surface area contributed by atoms with Crippen molar-refractivity contribution in [3.05, 3.63) is 107 Å². The van der Waals surface area contributed by atoms with E-state index in [4.69, 9.17) is 9.15 Å². The number of carboxylic acid groups (broad SMARTS) is 1. The third-order valence-corrected chi connectivity index (χ3v) is 6.71. The molecule has 6 heteroatoms. The van der Waals surface area contributed by atoms with Crippen molar-refractivity contribution in [3.8, 4) is 17.2 Å². The van der Waals surface area contributed by atoms with Crippen molar-refractivity contribution in [2.24, 2.45) is 0 Å².